The molecule has 1 aliphatic rings. The summed E-state index contributed by atoms with van der Waals surface area (Å²) in [5.41, 5.74) is 4.63. The van der Waals surface area contributed by atoms with E-state index in [4.69, 9.17) is 5.84 Å². The van der Waals surface area contributed by atoms with Crippen LogP contribution in [0.2, 0.25) is 0 Å². The van der Waals surface area contributed by atoms with Crippen LogP contribution in [0.1, 0.15) is 54.6 Å². The Balaban J connectivity index is 2.17. The van der Waals surface area contributed by atoms with Gasteiger partial charge in [0.1, 0.15) is 0 Å². The average molecular weight is 276 g/mol. The largest absolute Gasteiger partial charge is 0.339 e. The lowest BCUT2D eigenvalue weighted by molar-refractivity contribution is 0.0718. The molecule has 1 aromatic rings. The summed E-state index contributed by atoms with van der Waals surface area (Å²) in [4.78, 5) is 18.7. The van der Waals surface area contributed by atoms with Crippen molar-refractivity contribution < 1.29 is 4.79 Å². The van der Waals surface area contributed by atoms with Gasteiger partial charge in [-0.05, 0) is 25.8 Å². The van der Waals surface area contributed by atoms with Crippen LogP contribution in [-0.4, -0.2) is 28.9 Å². The van der Waals surface area contributed by atoms with E-state index in [-0.39, 0.29) is 5.91 Å². The fourth-order valence-electron chi connectivity index (χ4n) is 2.85. The molecule has 5 heteroatoms. The Morgan fingerprint density at radius 1 is 1.35 bits per heavy atom. The molecule has 0 unspecified atom stereocenters. The fourth-order valence-corrected chi connectivity index (χ4v) is 2.85. The molecule has 0 aliphatic heterocycles. The molecule has 0 saturated heterocycles. The second-order valence-corrected chi connectivity index (χ2v) is 5.58. The van der Waals surface area contributed by atoms with E-state index >= 15 is 0 Å². The minimum Gasteiger partial charge on any atom is -0.339 e. The number of pyridine rings is 1. The molecule has 0 atom stereocenters. The lowest BCUT2D eigenvalue weighted by Gasteiger charge is -2.28. The van der Waals surface area contributed by atoms with Crippen molar-refractivity contribution >= 4 is 11.6 Å². The van der Waals surface area contributed by atoms with Crippen LogP contribution in [0, 0.1) is 6.92 Å². The summed E-state index contributed by atoms with van der Waals surface area (Å²) in [6, 6.07) is 2.13. The van der Waals surface area contributed by atoms with E-state index in [0.29, 0.717) is 17.3 Å². The van der Waals surface area contributed by atoms with Gasteiger partial charge in [-0.25, -0.2) is 0 Å². The summed E-state index contributed by atoms with van der Waals surface area (Å²) < 4.78 is 0. The van der Waals surface area contributed by atoms with Crippen LogP contribution in [-0.2, 0) is 0 Å². The minimum atomic E-state index is -0.00245. The molecule has 1 amide bonds. The van der Waals surface area contributed by atoms with E-state index in [0.717, 1.165) is 18.5 Å². The number of aryl methyl sites for hydroxylation is 1. The summed E-state index contributed by atoms with van der Waals surface area (Å²) >= 11 is 0. The Morgan fingerprint density at radius 3 is 2.60 bits per heavy atom. The smallest absolute Gasteiger partial charge is 0.257 e. The Morgan fingerprint density at radius 2 is 2.00 bits per heavy atom. The molecule has 1 heterocycles. The highest BCUT2D eigenvalue weighted by Crippen LogP contribution is 2.24. The zero-order valence-electron chi connectivity index (χ0n) is 12.4. The average Bonchev–Trinajstić information content (AvgIpc) is 2.74. The number of amides is 1. The number of hydrogen-bond donors (Lipinski definition) is 2. The molecule has 0 bridgehead atoms. The van der Waals surface area contributed by atoms with E-state index in [2.05, 4.69) is 10.4 Å². The van der Waals surface area contributed by atoms with Gasteiger partial charge in [-0.15, -0.1) is 0 Å². The van der Waals surface area contributed by atoms with E-state index in [9.17, 15) is 4.79 Å². The van der Waals surface area contributed by atoms with Gasteiger partial charge >= 0.3 is 0 Å². The molecule has 2 rings (SSSR count). The van der Waals surface area contributed by atoms with Crippen LogP contribution < -0.4 is 11.3 Å². The number of hydrogen-bond acceptors (Lipinski definition) is 4. The van der Waals surface area contributed by atoms with Gasteiger partial charge in [-0.1, -0.05) is 25.7 Å². The minimum absolute atomic E-state index is 0.00245. The molecular weight excluding hydrogens is 252 g/mol. The van der Waals surface area contributed by atoms with Crippen LogP contribution in [0.3, 0.4) is 0 Å². The monoisotopic (exact) mass is 276 g/mol. The maximum atomic E-state index is 12.6. The number of rotatable bonds is 3. The van der Waals surface area contributed by atoms with Crippen LogP contribution in [0.15, 0.2) is 12.3 Å². The normalized spacial score (nSPS) is 16.6. The Hall–Kier alpha value is -1.62. The zero-order valence-corrected chi connectivity index (χ0v) is 12.4. The maximum absolute atomic E-state index is 12.6. The number of carbonyl (C=O) groups is 1. The van der Waals surface area contributed by atoms with Crippen molar-refractivity contribution in [2.24, 2.45) is 5.84 Å². The van der Waals surface area contributed by atoms with Crippen molar-refractivity contribution in [3.05, 3.63) is 23.5 Å². The third kappa shape index (κ3) is 3.28. The number of nitrogens with zero attached hydrogens (tertiary/aromatic N) is 2. The summed E-state index contributed by atoms with van der Waals surface area (Å²) in [6.45, 7) is 1.88. The van der Waals surface area contributed by atoms with Crippen molar-refractivity contribution in [1.82, 2.24) is 9.88 Å². The lowest BCUT2D eigenvalue weighted by atomic mass is 10.1. The van der Waals surface area contributed by atoms with Crippen molar-refractivity contribution in [2.45, 2.75) is 51.5 Å². The van der Waals surface area contributed by atoms with Crippen molar-refractivity contribution in [3.8, 4) is 0 Å². The molecular formula is C15H24N4O. The number of nitrogen functional groups attached to an aromatic ring is 1. The van der Waals surface area contributed by atoms with Crippen LogP contribution in [0.5, 0.6) is 0 Å². The Bertz CT molecular complexity index is 467. The van der Waals surface area contributed by atoms with E-state index in [1.54, 1.807) is 12.3 Å². The van der Waals surface area contributed by atoms with E-state index < -0.39 is 0 Å². The SMILES string of the molecule is Cc1cc(NN)c(C(=O)N(C)C2CCCCCC2)cn1. The van der Waals surface area contributed by atoms with Gasteiger partial charge in [0, 0.05) is 25.0 Å². The molecule has 1 aliphatic carbocycles. The molecule has 0 spiro atoms. The number of hydrazine groups is 1. The number of anilines is 1. The third-order valence-corrected chi connectivity index (χ3v) is 4.12. The van der Waals surface area contributed by atoms with Gasteiger partial charge in [-0.2, -0.15) is 0 Å². The highest BCUT2D eigenvalue weighted by atomic mass is 16.2. The predicted molar refractivity (Wildman–Crippen MR) is 80.4 cm³/mol. The Labute approximate surface area is 120 Å². The van der Waals surface area contributed by atoms with Gasteiger partial charge in [0.2, 0.25) is 0 Å². The highest BCUT2D eigenvalue weighted by molar-refractivity contribution is 5.99. The van der Waals surface area contributed by atoms with Gasteiger partial charge in [0.15, 0.2) is 0 Å². The number of nitrogens with one attached hydrogen (secondary N) is 1. The molecule has 110 valence electrons. The summed E-state index contributed by atoms with van der Waals surface area (Å²) in [7, 11) is 1.89. The van der Waals surface area contributed by atoms with Crippen LogP contribution in [0.25, 0.3) is 0 Å². The topological polar surface area (TPSA) is 71.2 Å². The van der Waals surface area contributed by atoms with Crippen LogP contribution in [0.4, 0.5) is 5.69 Å². The first-order valence-electron chi connectivity index (χ1n) is 7.34. The molecule has 1 fully saturated rings. The third-order valence-electron chi connectivity index (χ3n) is 4.12. The molecule has 20 heavy (non-hydrogen) atoms. The second kappa shape index (κ2) is 6.70. The molecule has 0 aromatic carbocycles. The summed E-state index contributed by atoms with van der Waals surface area (Å²) in [5, 5.41) is 0. The number of nitrogens with two attached hydrogens (primary N) is 1. The van der Waals surface area contributed by atoms with Crippen molar-refractivity contribution in [3.63, 3.8) is 0 Å². The van der Waals surface area contributed by atoms with Gasteiger partial charge < -0.3 is 10.3 Å². The van der Waals surface area contributed by atoms with Gasteiger partial charge in [0.05, 0.1) is 11.3 Å². The molecule has 1 aromatic heterocycles. The first-order chi connectivity index (χ1) is 9.63. The predicted octanol–water partition coefficient (Wildman–Crippen LogP) is 2.47. The summed E-state index contributed by atoms with van der Waals surface area (Å²) in [5.74, 6) is 5.51. The van der Waals surface area contributed by atoms with Crippen molar-refractivity contribution in [1.29, 1.82) is 0 Å². The van der Waals surface area contributed by atoms with Gasteiger partial charge in [-0.3, -0.25) is 15.6 Å². The van der Waals surface area contributed by atoms with E-state index in [1.807, 2.05) is 18.9 Å². The fraction of sp³-hybridized carbons (Fsp3) is 0.600. The standard InChI is InChI=1S/C15H24N4O/c1-11-9-14(18-16)13(10-17-11)15(20)19(2)12-7-5-3-4-6-8-12/h9-10,12H,3-8,16H2,1-2H3,(H,17,18). The summed E-state index contributed by atoms with van der Waals surface area (Å²) in [6.07, 6.45) is 8.76. The highest BCUT2D eigenvalue weighted by Gasteiger charge is 2.24. The van der Waals surface area contributed by atoms with Crippen molar-refractivity contribution in [2.75, 3.05) is 12.5 Å². The van der Waals surface area contributed by atoms with E-state index in [1.165, 1.54) is 25.7 Å². The Kier molecular flexibility index (Phi) is 4.95. The molecule has 0 radical (unpaired) electrons. The number of carbonyl (C=O) groups excluding carboxylic acids is 1. The molecule has 5 nitrogen and oxygen atoms in total. The second-order valence-electron chi connectivity index (χ2n) is 5.58. The quantitative estimate of drug-likeness (QED) is 0.505. The lowest BCUT2D eigenvalue weighted by Crippen LogP contribution is -2.37. The first-order valence-corrected chi connectivity index (χ1v) is 7.34. The van der Waals surface area contributed by atoms with Crippen LogP contribution >= 0.6 is 0 Å². The van der Waals surface area contributed by atoms with Gasteiger partial charge in [0.25, 0.3) is 5.91 Å². The first kappa shape index (κ1) is 14.8. The maximum Gasteiger partial charge on any atom is 0.257 e. The molecule has 3 N–H and O–H groups in total. The number of aromatic nitrogens is 1. The molecule has 1 saturated carbocycles. The zero-order chi connectivity index (χ0) is 14.5.